The quantitative estimate of drug-likeness (QED) is 0.645. The van der Waals surface area contributed by atoms with E-state index in [2.05, 4.69) is 15.3 Å². The Bertz CT molecular complexity index is 1050. The fourth-order valence-corrected chi connectivity index (χ4v) is 4.41. The molecular weight excluding hydrogens is 374 g/mol. The molecule has 7 heteroatoms. The number of carbonyl (C=O) groups excluding carboxylic acids is 2. The second-order valence-corrected chi connectivity index (χ2v) is 8.13. The van der Waals surface area contributed by atoms with Crippen molar-refractivity contribution in [2.24, 2.45) is 0 Å². The van der Waals surface area contributed by atoms with Crippen molar-refractivity contribution in [1.29, 1.82) is 0 Å². The highest BCUT2D eigenvalue weighted by Crippen LogP contribution is 2.35. The van der Waals surface area contributed by atoms with Crippen LogP contribution in [-0.2, 0) is 4.79 Å². The molecule has 4 rings (SSSR count). The van der Waals surface area contributed by atoms with E-state index in [-0.39, 0.29) is 16.9 Å². The Balaban J connectivity index is 1.70. The first-order chi connectivity index (χ1) is 13.5. The van der Waals surface area contributed by atoms with E-state index in [1.165, 1.54) is 11.8 Å². The number of nitrogens with zero attached hydrogens (tertiary/aromatic N) is 2. The summed E-state index contributed by atoms with van der Waals surface area (Å²) in [6.07, 6.45) is 3.41. The van der Waals surface area contributed by atoms with E-state index >= 15 is 0 Å². The van der Waals surface area contributed by atoms with Crippen LogP contribution in [0.3, 0.4) is 0 Å². The Labute approximate surface area is 167 Å². The molecule has 0 bridgehead atoms. The summed E-state index contributed by atoms with van der Waals surface area (Å²) in [5.41, 5.74) is 1.87. The maximum atomic E-state index is 12.7. The highest BCUT2D eigenvalue weighted by molar-refractivity contribution is 8.00. The Morgan fingerprint density at radius 3 is 2.71 bits per heavy atom. The molecule has 0 unspecified atom stereocenters. The molecule has 0 spiro atoms. The topological polar surface area (TPSA) is 85.1 Å². The van der Waals surface area contributed by atoms with Crippen LogP contribution in [0.5, 0.6) is 0 Å². The van der Waals surface area contributed by atoms with E-state index < -0.39 is 0 Å². The fraction of sp³-hybridized carbons (Fsp3) is 0.333. The van der Waals surface area contributed by atoms with E-state index in [1.807, 2.05) is 32.0 Å². The number of aromatic nitrogens is 2. The molecule has 1 saturated carbocycles. The van der Waals surface area contributed by atoms with Gasteiger partial charge < -0.3 is 9.73 Å². The van der Waals surface area contributed by atoms with Gasteiger partial charge in [-0.25, -0.2) is 4.98 Å². The van der Waals surface area contributed by atoms with E-state index in [0.717, 1.165) is 30.6 Å². The van der Waals surface area contributed by atoms with Crippen molar-refractivity contribution in [3.8, 4) is 0 Å². The normalized spacial score (nSPS) is 17.1. The number of fused-ring (bicyclic) bond motifs is 1. The van der Waals surface area contributed by atoms with Crippen LogP contribution in [0.2, 0.25) is 0 Å². The smallest absolute Gasteiger partial charge is 0.256 e. The number of ketones is 1. The van der Waals surface area contributed by atoms with Gasteiger partial charge in [0.05, 0.1) is 10.6 Å². The van der Waals surface area contributed by atoms with Crippen LogP contribution in [-0.4, -0.2) is 26.9 Å². The van der Waals surface area contributed by atoms with Crippen molar-refractivity contribution in [2.45, 2.75) is 49.9 Å². The number of hydrogen-bond acceptors (Lipinski definition) is 6. The molecule has 1 atom stereocenters. The van der Waals surface area contributed by atoms with Crippen LogP contribution in [0.1, 0.15) is 47.4 Å². The first kappa shape index (κ1) is 18.7. The second kappa shape index (κ2) is 7.75. The molecule has 6 nitrogen and oxygen atoms in total. The number of carbonyl (C=O) groups is 2. The summed E-state index contributed by atoms with van der Waals surface area (Å²) in [6.45, 7) is 3.78. The number of nitrogens with one attached hydrogen (secondary N) is 1. The zero-order valence-corrected chi connectivity index (χ0v) is 16.6. The molecule has 2 aromatic heterocycles. The minimum absolute atomic E-state index is 0.138. The van der Waals surface area contributed by atoms with Gasteiger partial charge in [0.25, 0.3) is 5.91 Å². The Morgan fingerprint density at radius 2 is 1.96 bits per heavy atom. The standard InChI is InChI=1S/C21H21N3O3S/c1-12-13(2)27-20-17(12)18(22-19(26)14-8-4-3-5-9-14)23-21(24-20)28-16-11-7-6-10-15(16)25/h3-5,8-9,16H,6-7,10-11H2,1-2H3,(H,22,23,24,26)/t16-/m1/s1. The average molecular weight is 395 g/mol. The first-order valence-corrected chi connectivity index (χ1v) is 10.2. The van der Waals surface area contributed by atoms with Gasteiger partial charge in [0.15, 0.2) is 5.16 Å². The third-order valence-electron chi connectivity index (χ3n) is 5.02. The summed E-state index contributed by atoms with van der Waals surface area (Å²) in [7, 11) is 0. The van der Waals surface area contributed by atoms with Crippen LogP contribution in [0.15, 0.2) is 39.9 Å². The van der Waals surface area contributed by atoms with E-state index in [9.17, 15) is 9.59 Å². The molecule has 1 fully saturated rings. The Hall–Kier alpha value is -2.67. The van der Waals surface area contributed by atoms with Gasteiger partial charge in [-0.3, -0.25) is 9.59 Å². The number of benzene rings is 1. The molecule has 1 aliphatic carbocycles. The lowest BCUT2D eigenvalue weighted by Gasteiger charge is -2.19. The van der Waals surface area contributed by atoms with Crippen molar-refractivity contribution >= 4 is 40.4 Å². The predicted molar refractivity (Wildman–Crippen MR) is 109 cm³/mol. The van der Waals surface area contributed by atoms with Gasteiger partial charge in [-0.2, -0.15) is 4.98 Å². The largest absolute Gasteiger partial charge is 0.443 e. The van der Waals surface area contributed by atoms with E-state index in [4.69, 9.17) is 4.42 Å². The Morgan fingerprint density at radius 1 is 1.18 bits per heavy atom. The predicted octanol–water partition coefficient (Wildman–Crippen LogP) is 4.70. The van der Waals surface area contributed by atoms with Crippen molar-refractivity contribution in [3.63, 3.8) is 0 Å². The number of thioether (sulfide) groups is 1. The minimum atomic E-state index is -0.247. The van der Waals surface area contributed by atoms with Crippen LogP contribution in [0, 0.1) is 13.8 Å². The molecular formula is C21H21N3O3S. The lowest BCUT2D eigenvalue weighted by Crippen LogP contribution is -2.21. The highest BCUT2D eigenvalue weighted by Gasteiger charge is 2.26. The number of anilines is 1. The molecule has 0 radical (unpaired) electrons. The summed E-state index contributed by atoms with van der Waals surface area (Å²) in [5, 5.41) is 3.90. The van der Waals surface area contributed by atoms with Crippen LogP contribution in [0.25, 0.3) is 11.1 Å². The van der Waals surface area contributed by atoms with E-state index in [1.54, 1.807) is 12.1 Å². The van der Waals surface area contributed by atoms with E-state index in [0.29, 0.717) is 34.1 Å². The molecule has 3 aromatic rings. The lowest BCUT2D eigenvalue weighted by atomic mass is 9.99. The second-order valence-electron chi connectivity index (χ2n) is 6.96. The maximum absolute atomic E-state index is 12.7. The average Bonchev–Trinajstić information content (AvgIpc) is 2.98. The summed E-state index contributed by atoms with van der Waals surface area (Å²) < 4.78 is 5.78. The maximum Gasteiger partial charge on any atom is 0.256 e. The fourth-order valence-electron chi connectivity index (χ4n) is 3.35. The zero-order valence-electron chi connectivity index (χ0n) is 15.8. The molecule has 2 heterocycles. The SMILES string of the molecule is Cc1oc2nc(S[C@@H]3CCCCC3=O)nc(NC(=O)c3ccccc3)c2c1C. The number of amides is 1. The summed E-state index contributed by atoms with van der Waals surface area (Å²) in [6, 6.07) is 8.98. The van der Waals surface area contributed by atoms with Crippen molar-refractivity contribution in [1.82, 2.24) is 9.97 Å². The third kappa shape index (κ3) is 3.67. The van der Waals surface area contributed by atoms with Gasteiger partial charge in [0.1, 0.15) is 17.4 Å². The van der Waals surface area contributed by atoms with Crippen molar-refractivity contribution in [2.75, 3.05) is 5.32 Å². The van der Waals surface area contributed by atoms with Crippen molar-refractivity contribution < 1.29 is 14.0 Å². The number of furan rings is 1. The summed E-state index contributed by atoms with van der Waals surface area (Å²) in [4.78, 5) is 33.9. The Kier molecular flexibility index (Phi) is 5.17. The molecule has 1 N–H and O–H groups in total. The molecule has 0 aliphatic heterocycles. The lowest BCUT2D eigenvalue weighted by molar-refractivity contribution is -0.119. The molecule has 1 aliphatic rings. The molecule has 1 aromatic carbocycles. The zero-order chi connectivity index (χ0) is 19.7. The summed E-state index contributed by atoms with van der Waals surface area (Å²) in [5.74, 6) is 1.14. The van der Waals surface area contributed by atoms with Crippen LogP contribution in [0.4, 0.5) is 5.82 Å². The summed E-state index contributed by atoms with van der Waals surface area (Å²) >= 11 is 1.36. The van der Waals surface area contributed by atoms with Gasteiger partial charge in [-0.05, 0) is 38.8 Å². The highest BCUT2D eigenvalue weighted by atomic mass is 32.2. The van der Waals surface area contributed by atoms with Crippen LogP contribution >= 0.6 is 11.8 Å². The van der Waals surface area contributed by atoms with Gasteiger partial charge >= 0.3 is 0 Å². The molecule has 28 heavy (non-hydrogen) atoms. The minimum Gasteiger partial charge on any atom is -0.443 e. The molecule has 144 valence electrons. The number of hydrogen-bond donors (Lipinski definition) is 1. The van der Waals surface area contributed by atoms with Gasteiger partial charge in [-0.15, -0.1) is 0 Å². The number of Topliss-reactive ketones (excluding diaryl/α,β-unsaturated/α-hetero) is 1. The first-order valence-electron chi connectivity index (χ1n) is 9.36. The van der Waals surface area contributed by atoms with Crippen molar-refractivity contribution in [3.05, 3.63) is 47.2 Å². The molecule has 1 amide bonds. The number of rotatable bonds is 4. The van der Waals surface area contributed by atoms with Gasteiger partial charge in [0.2, 0.25) is 5.71 Å². The number of aryl methyl sites for hydroxylation is 2. The molecule has 0 saturated heterocycles. The van der Waals surface area contributed by atoms with Crippen LogP contribution < -0.4 is 5.32 Å². The third-order valence-corrected chi connectivity index (χ3v) is 6.20. The monoisotopic (exact) mass is 395 g/mol. The van der Waals surface area contributed by atoms with Gasteiger partial charge in [-0.1, -0.05) is 36.4 Å². The van der Waals surface area contributed by atoms with Gasteiger partial charge in [0, 0.05) is 17.5 Å².